The van der Waals surface area contributed by atoms with Crippen LogP contribution in [0.5, 0.6) is 0 Å². The lowest BCUT2D eigenvalue weighted by molar-refractivity contribution is 1.36. The summed E-state index contributed by atoms with van der Waals surface area (Å²) in [5.74, 6) is 0. The maximum atomic E-state index is 8.34. The van der Waals surface area contributed by atoms with Gasteiger partial charge in [-0.2, -0.15) is 5.26 Å². The second-order valence-corrected chi connectivity index (χ2v) is 2.84. The standard InChI is InChI=1S/C11H12N2/c1-9-5-4-7-10(11(9)13)6-2-3-8-12/h2,4-7H,3,13H2,1H3. The molecule has 1 aromatic carbocycles. The maximum absolute atomic E-state index is 8.34. The number of nitrogens with zero attached hydrogens (tertiary/aromatic N) is 1. The van der Waals surface area contributed by atoms with Crippen LogP contribution in [0.2, 0.25) is 0 Å². The van der Waals surface area contributed by atoms with E-state index in [0.29, 0.717) is 6.42 Å². The molecule has 2 heteroatoms. The Morgan fingerprint density at radius 1 is 1.54 bits per heavy atom. The quantitative estimate of drug-likeness (QED) is 0.697. The summed E-state index contributed by atoms with van der Waals surface area (Å²) in [6.45, 7) is 1.97. The van der Waals surface area contributed by atoms with Crippen LogP contribution in [0.1, 0.15) is 17.5 Å². The van der Waals surface area contributed by atoms with E-state index in [4.69, 9.17) is 11.0 Å². The number of allylic oxidation sites excluding steroid dienone is 1. The molecule has 1 aromatic rings. The molecule has 0 fully saturated rings. The van der Waals surface area contributed by atoms with Crippen molar-refractivity contribution in [2.24, 2.45) is 0 Å². The van der Waals surface area contributed by atoms with Gasteiger partial charge in [0.1, 0.15) is 0 Å². The highest BCUT2D eigenvalue weighted by atomic mass is 14.6. The van der Waals surface area contributed by atoms with E-state index in [-0.39, 0.29) is 0 Å². The zero-order chi connectivity index (χ0) is 9.68. The monoisotopic (exact) mass is 172 g/mol. The van der Waals surface area contributed by atoms with Crippen LogP contribution in [0.25, 0.3) is 6.08 Å². The van der Waals surface area contributed by atoms with E-state index in [0.717, 1.165) is 16.8 Å². The average molecular weight is 172 g/mol. The van der Waals surface area contributed by atoms with E-state index in [2.05, 4.69) is 0 Å². The van der Waals surface area contributed by atoms with Crippen LogP contribution in [0.3, 0.4) is 0 Å². The first-order chi connectivity index (χ1) is 6.25. The average Bonchev–Trinajstić information content (AvgIpc) is 2.13. The van der Waals surface area contributed by atoms with Gasteiger partial charge in [0.25, 0.3) is 0 Å². The fraction of sp³-hybridized carbons (Fsp3) is 0.182. The van der Waals surface area contributed by atoms with Crippen LogP contribution in [0.15, 0.2) is 24.3 Å². The van der Waals surface area contributed by atoms with Gasteiger partial charge in [0.15, 0.2) is 0 Å². The molecular weight excluding hydrogens is 160 g/mol. The first-order valence-electron chi connectivity index (χ1n) is 4.14. The Labute approximate surface area is 78.3 Å². The van der Waals surface area contributed by atoms with Crippen molar-refractivity contribution in [3.63, 3.8) is 0 Å². The lowest BCUT2D eigenvalue weighted by Gasteiger charge is -2.02. The van der Waals surface area contributed by atoms with E-state index in [1.54, 1.807) is 0 Å². The summed E-state index contributed by atoms with van der Waals surface area (Å²) >= 11 is 0. The van der Waals surface area contributed by atoms with Crippen LogP contribution in [0.4, 0.5) is 5.69 Å². The maximum Gasteiger partial charge on any atom is 0.0663 e. The minimum atomic E-state index is 0.424. The predicted octanol–water partition coefficient (Wildman–Crippen LogP) is 2.50. The highest BCUT2D eigenvalue weighted by molar-refractivity contribution is 5.67. The summed E-state index contributed by atoms with van der Waals surface area (Å²) in [7, 11) is 0. The smallest absolute Gasteiger partial charge is 0.0663 e. The molecule has 2 nitrogen and oxygen atoms in total. The lowest BCUT2D eigenvalue weighted by atomic mass is 10.1. The fourth-order valence-corrected chi connectivity index (χ4v) is 1.09. The molecule has 0 saturated heterocycles. The molecule has 0 atom stereocenters. The molecule has 66 valence electrons. The van der Waals surface area contributed by atoms with E-state index in [1.165, 1.54) is 0 Å². The van der Waals surface area contributed by atoms with Crippen LogP contribution in [-0.2, 0) is 0 Å². The molecule has 1 rings (SSSR count). The third-order valence-corrected chi connectivity index (χ3v) is 1.86. The minimum Gasteiger partial charge on any atom is -0.398 e. The summed E-state index contributed by atoms with van der Waals surface area (Å²) in [6, 6.07) is 7.91. The minimum absolute atomic E-state index is 0.424. The predicted molar refractivity (Wildman–Crippen MR) is 54.9 cm³/mol. The number of hydrogen-bond donors (Lipinski definition) is 1. The topological polar surface area (TPSA) is 49.8 Å². The first-order valence-corrected chi connectivity index (χ1v) is 4.14. The largest absolute Gasteiger partial charge is 0.398 e. The van der Waals surface area contributed by atoms with Gasteiger partial charge in [-0.15, -0.1) is 0 Å². The van der Waals surface area contributed by atoms with Gasteiger partial charge in [-0.25, -0.2) is 0 Å². The van der Waals surface area contributed by atoms with Crippen LogP contribution in [-0.4, -0.2) is 0 Å². The SMILES string of the molecule is Cc1cccc(C=CCC#N)c1N. The Morgan fingerprint density at radius 2 is 2.31 bits per heavy atom. The Kier molecular flexibility index (Phi) is 3.10. The molecule has 13 heavy (non-hydrogen) atoms. The third-order valence-electron chi connectivity index (χ3n) is 1.86. The second kappa shape index (κ2) is 4.32. The Morgan fingerprint density at radius 3 is 3.00 bits per heavy atom. The number of aryl methyl sites for hydroxylation is 1. The number of benzene rings is 1. The molecule has 0 aliphatic heterocycles. The Hall–Kier alpha value is -1.75. The number of rotatable bonds is 2. The van der Waals surface area contributed by atoms with Crippen molar-refractivity contribution in [3.8, 4) is 6.07 Å². The normalized spacial score (nSPS) is 10.2. The molecule has 0 heterocycles. The van der Waals surface area contributed by atoms with Crippen molar-refractivity contribution in [2.75, 3.05) is 5.73 Å². The zero-order valence-electron chi connectivity index (χ0n) is 7.62. The number of para-hydroxylation sites is 1. The summed E-state index contributed by atoms with van der Waals surface area (Å²) < 4.78 is 0. The van der Waals surface area contributed by atoms with Crippen molar-refractivity contribution < 1.29 is 0 Å². The molecule has 0 aliphatic rings. The Balaban J connectivity index is 2.90. The Bertz CT molecular complexity index is 359. The highest BCUT2D eigenvalue weighted by Gasteiger charge is 1.96. The van der Waals surface area contributed by atoms with E-state index in [1.807, 2.05) is 43.3 Å². The van der Waals surface area contributed by atoms with Crippen molar-refractivity contribution in [3.05, 3.63) is 35.4 Å². The summed E-state index contributed by atoms with van der Waals surface area (Å²) in [4.78, 5) is 0. The van der Waals surface area contributed by atoms with Crippen molar-refractivity contribution in [1.29, 1.82) is 5.26 Å². The number of hydrogen-bond acceptors (Lipinski definition) is 2. The van der Waals surface area contributed by atoms with Gasteiger partial charge in [0, 0.05) is 5.69 Å². The summed E-state index contributed by atoms with van der Waals surface area (Å²) in [5, 5.41) is 8.34. The zero-order valence-corrected chi connectivity index (χ0v) is 7.62. The first kappa shape index (κ1) is 9.34. The van der Waals surface area contributed by atoms with Gasteiger partial charge in [0.05, 0.1) is 12.5 Å². The van der Waals surface area contributed by atoms with Crippen LogP contribution < -0.4 is 5.73 Å². The molecule has 0 amide bonds. The molecule has 0 aromatic heterocycles. The molecule has 0 spiro atoms. The van der Waals surface area contributed by atoms with Gasteiger partial charge in [-0.3, -0.25) is 0 Å². The van der Waals surface area contributed by atoms with Crippen LogP contribution in [0, 0.1) is 18.3 Å². The van der Waals surface area contributed by atoms with Crippen molar-refractivity contribution in [2.45, 2.75) is 13.3 Å². The van der Waals surface area contributed by atoms with E-state index in [9.17, 15) is 0 Å². The van der Waals surface area contributed by atoms with Gasteiger partial charge < -0.3 is 5.73 Å². The number of nitrogen functional groups attached to an aromatic ring is 1. The second-order valence-electron chi connectivity index (χ2n) is 2.84. The van der Waals surface area contributed by atoms with Gasteiger partial charge in [0.2, 0.25) is 0 Å². The summed E-state index contributed by atoms with van der Waals surface area (Å²) in [6.07, 6.45) is 4.12. The lowest BCUT2D eigenvalue weighted by Crippen LogP contribution is -1.92. The summed E-state index contributed by atoms with van der Waals surface area (Å²) in [5.41, 5.74) is 8.67. The van der Waals surface area contributed by atoms with E-state index >= 15 is 0 Å². The third kappa shape index (κ3) is 2.34. The van der Waals surface area contributed by atoms with Crippen molar-refractivity contribution in [1.82, 2.24) is 0 Å². The molecule has 0 unspecified atom stereocenters. The highest BCUT2D eigenvalue weighted by Crippen LogP contribution is 2.17. The van der Waals surface area contributed by atoms with Crippen LogP contribution >= 0.6 is 0 Å². The number of nitriles is 1. The van der Waals surface area contributed by atoms with Crippen molar-refractivity contribution >= 4 is 11.8 Å². The van der Waals surface area contributed by atoms with Gasteiger partial charge in [-0.05, 0) is 18.1 Å². The molecule has 2 N–H and O–H groups in total. The number of nitrogens with two attached hydrogens (primary N) is 1. The molecular formula is C11H12N2. The van der Waals surface area contributed by atoms with Gasteiger partial charge >= 0.3 is 0 Å². The van der Waals surface area contributed by atoms with Gasteiger partial charge in [-0.1, -0.05) is 30.4 Å². The fourth-order valence-electron chi connectivity index (χ4n) is 1.09. The molecule has 0 bridgehead atoms. The van der Waals surface area contributed by atoms with E-state index < -0.39 is 0 Å². The molecule has 0 aliphatic carbocycles. The number of anilines is 1. The molecule has 0 radical (unpaired) electrons. The molecule has 0 saturated carbocycles.